The molecule has 0 fully saturated rings. The summed E-state index contributed by atoms with van der Waals surface area (Å²) in [7, 11) is 1.22. The molecule has 4 nitrogen and oxygen atoms in total. The highest BCUT2D eigenvalue weighted by molar-refractivity contribution is 8.76. The third kappa shape index (κ3) is 7.44. The van der Waals surface area contributed by atoms with Crippen LogP contribution in [-0.4, -0.2) is 27.1 Å². The number of pyridine rings is 1. The molecule has 1 heterocycles. The molecule has 90 valence electrons. The minimum atomic E-state index is -2.18. The zero-order chi connectivity index (χ0) is 11.6. The Morgan fingerprint density at radius 3 is 2.88 bits per heavy atom. The van der Waals surface area contributed by atoms with Crippen LogP contribution in [0.25, 0.3) is 0 Å². The van der Waals surface area contributed by atoms with Crippen LogP contribution < -0.4 is 0 Å². The molecule has 0 saturated heterocycles. The Bertz CT molecular complexity index is 277. The van der Waals surface area contributed by atoms with Crippen molar-refractivity contribution < 1.29 is 14.3 Å². The van der Waals surface area contributed by atoms with Gasteiger partial charge in [-0.15, -0.1) is 0 Å². The first kappa shape index (κ1) is 14.2. The topological polar surface area (TPSA) is 62.6 Å². The smallest absolute Gasteiger partial charge is 0.327 e. The van der Waals surface area contributed by atoms with Crippen molar-refractivity contribution in [3.63, 3.8) is 0 Å². The summed E-state index contributed by atoms with van der Waals surface area (Å²) in [6, 6.07) is 5.84. The first-order valence-electron chi connectivity index (χ1n) is 4.80. The summed E-state index contributed by atoms with van der Waals surface area (Å²) in [4.78, 5) is 21.2. The lowest BCUT2D eigenvalue weighted by Crippen LogP contribution is -1.89. The molecular weight excluding hydrogens is 265 g/mol. The van der Waals surface area contributed by atoms with Gasteiger partial charge in [-0.1, -0.05) is 16.9 Å². The van der Waals surface area contributed by atoms with Crippen molar-refractivity contribution in [3.05, 3.63) is 24.4 Å². The van der Waals surface area contributed by atoms with E-state index in [-0.39, 0.29) is 0 Å². The van der Waals surface area contributed by atoms with Gasteiger partial charge in [-0.3, -0.25) is 0 Å². The van der Waals surface area contributed by atoms with Crippen molar-refractivity contribution in [2.45, 2.75) is 17.9 Å². The Labute approximate surface area is 104 Å². The molecule has 0 aromatic carbocycles. The number of unbranched alkanes of at least 4 members (excludes halogenated alkanes) is 1. The van der Waals surface area contributed by atoms with Gasteiger partial charge in [0.15, 0.2) is 0 Å². The van der Waals surface area contributed by atoms with Crippen LogP contribution in [-0.2, 0) is 4.52 Å². The van der Waals surface area contributed by atoms with E-state index in [0.717, 1.165) is 23.6 Å². The predicted octanol–water partition coefficient (Wildman–Crippen LogP) is 2.83. The number of nitrogens with zero attached hydrogens (tertiary/aromatic N) is 1. The molecule has 2 N–H and O–H groups in total. The molecule has 1 aromatic rings. The van der Waals surface area contributed by atoms with Crippen LogP contribution in [0.1, 0.15) is 12.8 Å². The van der Waals surface area contributed by atoms with Crippen molar-refractivity contribution in [2.24, 2.45) is 0 Å². The average Bonchev–Trinajstić information content (AvgIpc) is 2.29. The Hall–Kier alpha value is 0.160. The van der Waals surface area contributed by atoms with Gasteiger partial charge in [0.25, 0.3) is 0 Å². The van der Waals surface area contributed by atoms with Crippen LogP contribution in [0.15, 0.2) is 29.4 Å². The summed E-state index contributed by atoms with van der Waals surface area (Å²) in [5.74, 6) is 0.999. The monoisotopic (exact) mass is 279 g/mol. The van der Waals surface area contributed by atoms with E-state index < -0.39 is 8.60 Å². The summed E-state index contributed by atoms with van der Waals surface area (Å²) in [6.07, 6.45) is 3.62. The lowest BCUT2D eigenvalue weighted by Gasteiger charge is -2.03. The van der Waals surface area contributed by atoms with E-state index in [9.17, 15) is 0 Å². The summed E-state index contributed by atoms with van der Waals surface area (Å²) >= 11 is 0. The molecule has 0 aliphatic carbocycles. The third-order valence-electron chi connectivity index (χ3n) is 1.61. The van der Waals surface area contributed by atoms with Gasteiger partial charge < -0.3 is 14.3 Å². The largest absolute Gasteiger partial charge is 0.328 e. The standard InChI is InChI=1S/C9H14NO3PS2/c11-14(12)13-7-3-4-8-15-16-9-5-1-2-6-10-9/h1-2,5-6,11-12H,3-4,7-8H2. The van der Waals surface area contributed by atoms with Gasteiger partial charge in [0.05, 0.1) is 6.61 Å². The van der Waals surface area contributed by atoms with Gasteiger partial charge in [0.2, 0.25) is 0 Å². The van der Waals surface area contributed by atoms with Crippen molar-refractivity contribution in [2.75, 3.05) is 12.4 Å². The molecule has 0 unspecified atom stereocenters. The van der Waals surface area contributed by atoms with E-state index in [1.54, 1.807) is 27.8 Å². The second-order valence-electron chi connectivity index (χ2n) is 2.87. The van der Waals surface area contributed by atoms with Crippen LogP contribution in [0.3, 0.4) is 0 Å². The number of rotatable bonds is 8. The molecule has 0 amide bonds. The van der Waals surface area contributed by atoms with E-state index in [4.69, 9.17) is 9.79 Å². The Balaban J connectivity index is 1.93. The Morgan fingerprint density at radius 1 is 1.31 bits per heavy atom. The first-order chi connectivity index (χ1) is 7.79. The minimum absolute atomic E-state index is 0.410. The van der Waals surface area contributed by atoms with Gasteiger partial charge in [-0.25, -0.2) is 4.98 Å². The fraction of sp³-hybridized carbons (Fsp3) is 0.444. The third-order valence-corrected chi connectivity index (χ3v) is 4.38. The Kier molecular flexibility index (Phi) is 8.19. The fourth-order valence-corrected chi connectivity index (χ4v) is 3.23. The number of hydrogen-bond donors (Lipinski definition) is 2. The molecule has 0 radical (unpaired) electrons. The molecule has 0 bridgehead atoms. The molecule has 7 heteroatoms. The lowest BCUT2D eigenvalue weighted by atomic mass is 10.4. The van der Waals surface area contributed by atoms with Crippen LogP contribution in [0.5, 0.6) is 0 Å². The van der Waals surface area contributed by atoms with Crippen molar-refractivity contribution in [3.8, 4) is 0 Å². The molecule has 0 saturated carbocycles. The lowest BCUT2D eigenvalue weighted by molar-refractivity contribution is 0.251. The van der Waals surface area contributed by atoms with Crippen LogP contribution in [0.2, 0.25) is 0 Å². The van der Waals surface area contributed by atoms with E-state index in [0.29, 0.717) is 6.61 Å². The number of aromatic nitrogens is 1. The molecule has 1 rings (SSSR count). The second kappa shape index (κ2) is 9.22. The van der Waals surface area contributed by atoms with Crippen molar-refractivity contribution in [1.29, 1.82) is 0 Å². The fourth-order valence-electron chi connectivity index (χ4n) is 0.908. The zero-order valence-electron chi connectivity index (χ0n) is 8.65. The minimum Gasteiger partial charge on any atom is -0.328 e. The summed E-state index contributed by atoms with van der Waals surface area (Å²) in [5, 5.41) is 1.01. The molecule has 0 spiro atoms. The number of hydrogen-bond acceptors (Lipinski definition) is 6. The summed E-state index contributed by atoms with van der Waals surface area (Å²) in [6.45, 7) is 0.410. The summed E-state index contributed by atoms with van der Waals surface area (Å²) < 4.78 is 4.65. The second-order valence-corrected chi connectivity index (χ2v) is 6.07. The molecule has 0 atom stereocenters. The van der Waals surface area contributed by atoms with Crippen LogP contribution >= 0.6 is 30.2 Å². The maximum Gasteiger partial charge on any atom is 0.327 e. The molecule has 0 aliphatic heterocycles. The van der Waals surface area contributed by atoms with Gasteiger partial charge in [-0.05, 0) is 35.8 Å². The first-order valence-corrected chi connectivity index (χ1v) is 8.29. The molecule has 16 heavy (non-hydrogen) atoms. The van der Waals surface area contributed by atoms with Crippen LogP contribution in [0.4, 0.5) is 0 Å². The van der Waals surface area contributed by atoms with Gasteiger partial charge in [-0.2, -0.15) is 0 Å². The van der Waals surface area contributed by atoms with Gasteiger partial charge in [0, 0.05) is 11.9 Å². The van der Waals surface area contributed by atoms with E-state index in [1.165, 1.54) is 0 Å². The maximum atomic E-state index is 8.48. The molecular formula is C9H14NO3PS2. The zero-order valence-corrected chi connectivity index (χ0v) is 11.2. The average molecular weight is 279 g/mol. The maximum absolute atomic E-state index is 8.48. The van der Waals surface area contributed by atoms with E-state index >= 15 is 0 Å². The highest BCUT2D eigenvalue weighted by Gasteiger charge is 1.99. The molecule has 0 aliphatic rings. The Morgan fingerprint density at radius 2 is 2.19 bits per heavy atom. The van der Waals surface area contributed by atoms with Gasteiger partial charge in [0.1, 0.15) is 5.03 Å². The van der Waals surface area contributed by atoms with Crippen molar-refractivity contribution >= 4 is 30.2 Å². The quantitative estimate of drug-likeness (QED) is 0.433. The highest BCUT2D eigenvalue weighted by atomic mass is 33.1. The summed E-state index contributed by atoms with van der Waals surface area (Å²) in [5.41, 5.74) is 0. The highest BCUT2D eigenvalue weighted by Crippen LogP contribution is 2.30. The van der Waals surface area contributed by atoms with Crippen molar-refractivity contribution in [1.82, 2.24) is 4.98 Å². The normalized spacial score (nSPS) is 10.9. The van der Waals surface area contributed by atoms with E-state index in [2.05, 4.69) is 9.51 Å². The van der Waals surface area contributed by atoms with Gasteiger partial charge >= 0.3 is 8.60 Å². The predicted molar refractivity (Wildman–Crippen MR) is 69.1 cm³/mol. The van der Waals surface area contributed by atoms with Crippen LogP contribution in [0, 0.1) is 0 Å². The molecule has 1 aromatic heterocycles. The SMILES string of the molecule is OP(O)OCCCCSSc1ccccn1. The van der Waals surface area contributed by atoms with E-state index in [1.807, 2.05) is 18.2 Å².